The number of hydrogen-bond donors (Lipinski definition) is 1. The summed E-state index contributed by atoms with van der Waals surface area (Å²) in [7, 11) is -2.49. The zero-order valence-electron chi connectivity index (χ0n) is 9.84. The Morgan fingerprint density at radius 2 is 2.28 bits per heavy atom. The fourth-order valence-corrected chi connectivity index (χ4v) is 3.06. The predicted octanol–water partition coefficient (Wildman–Crippen LogP) is 1.93. The lowest BCUT2D eigenvalue weighted by atomic mass is 10.3. The van der Waals surface area contributed by atoms with Gasteiger partial charge in [-0.3, -0.25) is 0 Å². The van der Waals surface area contributed by atoms with Gasteiger partial charge in [0.1, 0.15) is 0 Å². The second kappa shape index (κ2) is 6.50. The van der Waals surface area contributed by atoms with E-state index in [1.54, 1.807) is 6.92 Å². The Labute approximate surface area is 118 Å². The van der Waals surface area contributed by atoms with Gasteiger partial charge in [0.2, 0.25) is 0 Å². The van der Waals surface area contributed by atoms with E-state index >= 15 is 0 Å². The summed E-state index contributed by atoms with van der Waals surface area (Å²) in [6, 6.07) is 1.82. The minimum atomic E-state index is -3.87. The number of ether oxygens (including phenoxy) is 1. The molecule has 1 rings (SSSR count). The quantitative estimate of drug-likeness (QED) is 0.874. The van der Waals surface area contributed by atoms with E-state index in [-0.39, 0.29) is 13.2 Å². The van der Waals surface area contributed by atoms with Crippen LogP contribution < -0.4 is 4.72 Å². The van der Waals surface area contributed by atoms with Gasteiger partial charge in [-0.05, 0) is 39.9 Å². The van der Waals surface area contributed by atoms with E-state index in [1.165, 1.54) is 18.4 Å². The van der Waals surface area contributed by atoms with Crippen LogP contribution in [0.2, 0.25) is 0 Å². The number of carbonyl (C=O) groups is 1. The van der Waals surface area contributed by atoms with Crippen molar-refractivity contribution < 1.29 is 17.9 Å². The van der Waals surface area contributed by atoms with Crippen LogP contribution in [0.25, 0.3) is 0 Å². The Morgan fingerprint density at radius 3 is 2.78 bits per heavy atom. The summed E-state index contributed by atoms with van der Waals surface area (Å²) in [5, 5.41) is 1.83. The molecule has 0 aliphatic rings. The molecule has 1 aromatic heterocycles. The maximum Gasteiger partial charge on any atom is 0.421 e. The summed E-state index contributed by atoms with van der Waals surface area (Å²) in [5.41, 5.74) is 0.837. The summed E-state index contributed by atoms with van der Waals surface area (Å²) in [6.45, 7) is 1.89. The van der Waals surface area contributed by atoms with Gasteiger partial charge in [0.25, 0.3) is 0 Å². The number of rotatable bonds is 5. The van der Waals surface area contributed by atoms with Gasteiger partial charge in [0.15, 0.2) is 0 Å². The molecule has 102 valence electrons. The normalized spacial score (nSPS) is 11.6. The first-order valence-corrected chi connectivity index (χ1v) is 8.10. The summed E-state index contributed by atoms with van der Waals surface area (Å²) in [6.07, 6.45) is -0.976. The number of carbonyl (C=O) groups excluding carboxylic acids is 1. The van der Waals surface area contributed by atoms with Gasteiger partial charge >= 0.3 is 16.3 Å². The first-order chi connectivity index (χ1) is 8.35. The molecule has 6 nitrogen and oxygen atoms in total. The van der Waals surface area contributed by atoms with Gasteiger partial charge < -0.3 is 4.74 Å². The van der Waals surface area contributed by atoms with Crippen LogP contribution in [-0.4, -0.2) is 32.5 Å². The highest BCUT2D eigenvalue weighted by Crippen LogP contribution is 2.21. The Kier molecular flexibility index (Phi) is 5.57. The number of halogens is 1. The van der Waals surface area contributed by atoms with Gasteiger partial charge in [-0.15, -0.1) is 11.3 Å². The highest BCUT2D eigenvalue weighted by Gasteiger charge is 2.21. The van der Waals surface area contributed by atoms with Crippen molar-refractivity contribution in [3.05, 3.63) is 20.8 Å². The number of nitrogens with zero attached hydrogens (tertiary/aromatic N) is 1. The van der Waals surface area contributed by atoms with Crippen molar-refractivity contribution in [2.24, 2.45) is 0 Å². The second-order valence-corrected chi connectivity index (χ2v) is 7.41. The molecule has 0 spiro atoms. The third-order valence-corrected chi connectivity index (χ3v) is 4.85. The van der Waals surface area contributed by atoms with Crippen molar-refractivity contribution >= 4 is 43.6 Å². The van der Waals surface area contributed by atoms with E-state index in [2.05, 4.69) is 20.7 Å². The maximum atomic E-state index is 11.7. The first-order valence-electron chi connectivity index (χ1n) is 4.99. The molecule has 0 unspecified atom stereocenters. The molecule has 0 radical (unpaired) electrons. The third kappa shape index (κ3) is 4.56. The summed E-state index contributed by atoms with van der Waals surface area (Å²) >= 11 is 4.76. The van der Waals surface area contributed by atoms with Gasteiger partial charge in [0, 0.05) is 13.6 Å². The molecule has 18 heavy (non-hydrogen) atoms. The van der Waals surface area contributed by atoms with Crippen LogP contribution in [0.4, 0.5) is 4.79 Å². The standard InChI is InChI=1S/C9H13BrN2O4S2/c1-3-16-9(13)11-18(14,15)12(2)5-7-4-8(10)17-6-7/h4,6H,3,5H2,1-2H3,(H,11,13). The molecule has 0 saturated heterocycles. The van der Waals surface area contributed by atoms with Crippen molar-refractivity contribution in [2.75, 3.05) is 13.7 Å². The largest absolute Gasteiger partial charge is 0.449 e. The molecule has 0 aromatic carbocycles. The molecule has 9 heteroatoms. The Balaban J connectivity index is 2.64. The molecule has 0 bridgehead atoms. The highest BCUT2D eigenvalue weighted by atomic mass is 79.9. The smallest absolute Gasteiger partial charge is 0.421 e. The van der Waals surface area contributed by atoms with Gasteiger partial charge in [-0.25, -0.2) is 9.52 Å². The molecular weight excluding hydrogens is 344 g/mol. The van der Waals surface area contributed by atoms with Crippen molar-refractivity contribution in [1.29, 1.82) is 0 Å². The van der Waals surface area contributed by atoms with Crippen molar-refractivity contribution in [1.82, 2.24) is 9.03 Å². The molecule has 0 aliphatic heterocycles. The maximum absolute atomic E-state index is 11.7. The van der Waals surface area contributed by atoms with E-state index < -0.39 is 16.3 Å². The Hall–Kier alpha value is -0.640. The molecule has 1 N–H and O–H groups in total. The zero-order chi connectivity index (χ0) is 13.8. The molecule has 0 fully saturated rings. The van der Waals surface area contributed by atoms with Crippen LogP contribution in [0.15, 0.2) is 15.2 Å². The Bertz CT molecular complexity index is 514. The lowest BCUT2D eigenvalue weighted by Crippen LogP contribution is -2.41. The number of nitrogens with one attached hydrogen (secondary N) is 1. The number of hydrogen-bond acceptors (Lipinski definition) is 5. The van der Waals surface area contributed by atoms with Crippen LogP contribution in [0, 0.1) is 0 Å². The summed E-state index contributed by atoms with van der Waals surface area (Å²) in [4.78, 5) is 11.1. The van der Waals surface area contributed by atoms with Gasteiger partial charge in [0.05, 0.1) is 10.4 Å². The second-order valence-electron chi connectivity index (χ2n) is 3.34. The summed E-state index contributed by atoms with van der Waals surface area (Å²) < 4.78 is 31.8. The van der Waals surface area contributed by atoms with Crippen molar-refractivity contribution in [3.63, 3.8) is 0 Å². The van der Waals surface area contributed by atoms with Crippen LogP contribution in [0.1, 0.15) is 12.5 Å². The fourth-order valence-electron chi connectivity index (χ4n) is 1.11. The molecule has 1 heterocycles. The van der Waals surface area contributed by atoms with Crippen LogP contribution in [0.3, 0.4) is 0 Å². The minimum Gasteiger partial charge on any atom is -0.449 e. The van der Waals surface area contributed by atoms with Crippen LogP contribution >= 0.6 is 27.3 Å². The third-order valence-electron chi connectivity index (χ3n) is 1.93. The Morgan fingerprint density at radius 1 is 1.61 bits per heavy atom. The first kappa shape index (κ1) is 15.4. The van der Waals surface area contributed by atoms with Crippen LogP contribution in [-0.2, 0) is 21.5 Å². The average Bonchev–Trinajstić information content (AvgIpc) is 2.63. The van der Waals surface area contributed by atoms with E-state index in [0.717, 1.165) is 13.7 Å². The van der Waals surface area contributed by atoms with Gasteiger partial charge in [-0.1, -0.05) is 0 Å². The minimum absolute atomic E-state index is 0.114. The molecule has 1 amide bonds. The lowest BCUT2D eigenvalue weighted by molar-refractivity contribution is 0.158. The van der Waals surface area contributed by atoms with E-state index in [1.807, 2.05) is 16.2 Å². The monoisotopic (exact) mass is 356 g/mol. The molecular formula is C9H13BrN2O4S2. The summed E-state index contributed by atoms with van der Waals surface area (Å²) in [5.74, 6) is 0. The van der Waals surface area contributed by atoms with E-state index in [0.29, 0.717) is 0 Å². The van der Waals surface area contributed by atoms with Crippen molar-refractivity contribution in [3.8, 4) is 0 Å². The predicted molar refractivity (Wildman–Crippen MR) is 72.6 cm³/mol. The molecule has 0 saturated carbocycles. The topological polar surface area (TPSA) is 75.7 Å². The fraction of sp³-hybridized carbons (Fsp3) is 0.444. The lowest BCUT2D eigenvalue weighted by Gasteiger charge is -2.16. The van der Waals surface area contributed by atoms with Gasteiger partial charge in [-0.2, -0.15) is 12.7 Å². The van der Waals surface area contributed by atoms with E-state index in [4.69, 9.17) is 0 Å². The average molecular weight is 357 g/mol. The van der Waals surface area contributed by atoms with E-state index in [9.17, 15) is 13.2 Å². The highest BCUT2D eigenvalue weighted by molar-refractivity contribution is 9.11. The number of thiophene rings is 1. The molecule has 0 aliphatic carbocycles. The molecule has 0 atom stereocenters. The van der Waals surface area contributed by atoms with Crippen molar-refractivity contribution in [2.45, 2.75) is 13.5 Å². The molecule has 1 aromatic rings. The van der Waals surface area contributed by atoms with Crippen LogP contribution in [0.5, 0.6) is 0 Å². The number of amides is 1. The SMILES string of the molecule is CCOC(=O)NS(=O)(=O)N(C)Cc1csc(Br)c1. The zero-order valence-corrected chi connectivity index (χ0v) is 13.1.